The zero-order chi connectivity index (χ0) is 11.5. The van der Waals surface area contributed by atoms with Crippen molar-refractivity contribution >= 4 is 0 Å². The van der Waals surface area contributed by atoms with Gasteiger partial charge in [-0.1, -0.05) is 12.1 Å². The second-order valence-corrected chi connectivity index (χ2v) is 3.76. The van der Waals surface area contributed by atoms with Crippen LogP contribution in [0.2, 0.25) is 0 Å². The maximum Gasteiger partial charge on any atom is 0.123 e. The second-order valence-electron chi connectivity index (χ2n) is 3.76. The Kier molecular flexibility index (Phi) is 3.01. The minimum absolute atomic E-state index is 0.268. The maximum absolute atomic E-state index is 12.7. The van der Waals surface area contributed by atoms with E-state index in [4.69, 9.17) is 0 Å². The molecule has 0 aliphatic heterocycles. The first-order chi connectivity index (χ1) is 7.65. The van der Waals surface area contributed by atoms with Gasteiger partial charge in [0.05, 0.1) is 5.69 Å². The summed E-state index contributed by atoms with van der Waals surface area (Å²) in [6, 6.07) is 7.89. The molecular weight excluding hydrogens is 207 g/mol. The van der Waals surface area contributed by atoms with Crippen molar-refractivity contribution in [2.24, 2.45) is 7.05 Å². The Balaban J connectivity index is 2.07. The van der Waals surface area contributed by atoms with Crippen LogP contribution in [-0.4, -0.2) is 14.9 Å². The van der Waals surface area contributed by atoms with E-state index in [1.165, 1.54) is 12.1 Å². The lowest BCUT2D eigenvalue weighted by Crippen LogP contribution is -2.03. The van der Waals surface area contributed by atoms with Crippen LogP contribution in [0.1, 0.15) is 17.4 Å². The highest BCUT2D eigenvalue weighted by molar-refractivity contribution is 5.18. The molecule has 0 radical (unpaired) electrons. The number of hydrogen-bond acceptors (Lipinski definition) is 2. The molecule has 84 valence electrons. The summed E-state index contributed by atoms with van der Waals surface area (Å²) in [5.41, 5.74) is 1.52. The number of rotatable bonds is 3. The second kappa shape index (κ2) is 4.45. The van der Waals surface area contributed by atoms with E-state index in [1.807, 2.05) is 0 Å². The first-order valence-corrected chi connectivity index (χ1v) is 5.07. The van der Waals surface area contributed by atoms with Crippen LogP contribution >= 0.6 is 0 Å². The molecule has 0 aliphatic carbocycles. The average molecular weight is 220 g/mol. The highest BCUT2D eigenvalue weighted by Crippen LogP contribution is 2.16. The van der Waals surface area contributed by atoms with Gasteiger partial charge in [0.25, 0.3) is 0 Å². The Hall–Kier alpha value is -1.68. The molecule has 0 saturated heterocycles. The van der Waals surface area contributed by atoms with Gasteiger partial charge >= 0.3 is 0 Å². The van der Waals surface area contributed by atoms with Gasteiger partial charge in [0.2, 0.25) is 0 Å². The Morgan fingerprint density at radius 3 is 2.56 bits per heavy atom. The van der Waals surface area contributed by atoms with Crippen molar-refractivity contribution in [2.45, 2.75) is 12.5 Å². The molecule has 3 nitrogen and oxygen atoms in total. The average Bonchev–Trinajstić information content (AvgIpc) is 2.68. The molecule has 1 aromatic carbocycles. The lowest BCUT2D eigenvalue weighted by atomic mass is 10.1. The smallest absolute Gasteiger partial charge is 0.123 e. The molecule has 0 saturated carbocycles. The van der Waals surface area contributed by atoms with Gasteiger partial charge in [-0.3, -0.25) is 4.68 Å². The summed E-state index contributed by atoms with van der Waals surface area (Å²) < 4.78 is 14.3. The molecule has 1 heterocycles. The molecule has 0 bridgehead atoms. The topological polar surface area (TPSA) is 38.0 Å². The Labute approximate surface area is 93.2 Å². The van der Waals surface area contributed by atoms with Gasteiger partial charge in [0, 0.05) is 19.7 Å². The van der Waals surface area contributed by atoms with Crippen LogP contribution < -0.4 is 0 Å². The Morgan fingerprint density at radius 1 is 1.31 bits per heavy atom. The number of hydrogen-bond donors (Lipinski definition) is 1. The number of aliphatic hydroxyl groups is 1. The Bertz CT molecular complexity index is 464. The number of nitrogens with zero attached hydrogens (tertiary/aromatic N) is 2. The Morgan fingerprint density at radius 2 is 2.00 bits per heavy atom. The largest absolute Gasteiger partial charge is 0.386 e. The molecule has 1 unspecified atom stereocenters. The van der Waals surface area contributed by atoms with Crippen LogP contribution in [0.5, 0.6) is 0 Å². The standard InChI is InChI=1S/C12H13FN2O/c1-15-7-6-11(14-15)12(16)8-9-2-4-10(13)5-3-9/h2-7,12,16H,8H2,1H3. The van der Waals surface area contributed by atoms with Crippen LogP contribution in [0.15, 0.2) is 36.5 Å². The highest BCUT2D eigenvalue weighted by atomic mass is 19.1. The minimum atomic E-state index is -0.647. The zero-order valence-electron chi connectivity index (χ0n) is 8.97. The lowest BCUT2D eigenvalue weighted by Gasteiger charge is -2.07. The third-order valence-electron chi connectivity index (χ3n) is 2.42. The van der Waals surface area contributed by atoms with E-state index in [9.17, 15) is 9.50 Å². The number of aromatic nitrogens is 2. The molecule has 0 fully saturated rings. The molecule has 0 amide bonds. The van der Waals surface area contributed by atoms with Crippen LogP contribution in [0, 0.1) is 5.82 Å². The third-order valence-corrected chi connectivity index (χ3v) is 2.42. The van der Waals surface area contributed by atoms with Crippen LogP contribution in [-0.2, 0) is 13.5 Å². The van der Waals surface area contributed by atoms with Crippen LogP contribution in [0.3, 0.4) is 0 Å². The van der Waals surface area contributed by atoms with Gasteiger partial charge in [-0.05, 0) is 23.8 Å². The van der Waals surface area contributed by atoms with Gasteiger partial charge in [0.1, 0.15) is 11.9 Å². The van der Waals surface area contributed by atoms with Crippen molar-refractivity contribution in [1.29, 1.82) is 0 Å². The molecule has 2 rings (SSSR count). The van der Waals surface area contributed by atoms with E-state index >= 15 is 0 Å². The SMILES string of the molecule is Cn1ccc(C(O)Cc2ccc(F)cc2)n1. The molecule has 4 heteroatoms. The van der Waals surface area contributed by atoms with Crippen molar-refractivity contribution in [3.63, 3.8) is 0 Å². The fourth-order valence-corrected chi connectivity index (χ4v) is 1.56. The monoisotopic (exact) mass is 220 g/mol. The summed E-state index contributed by atoms with van der Waals surface area (Å²) >= 11 is 0. The summed E-state index contributed by atoms with van der Waals surface area (Å²) in [6.07, 6.45) is 1.58. The fraction of sp³-hybridized carbons (Fsp3) is 0.250. The number of halogens is 1. The van der Waals surface area contributed by atoms with E-state index in [0.717, 1.165) is 5.56 Å². The normalized spacial score (nSPS) is 12.7. The summed E-state index contributed by atoms with van der Waals surface area (Å²) in [5, 5.41) is 14.0. The quantitative estimate of drug-likeness (QED) is 0.857. The van der Waals surface area contributed by atoms with Crippen molar-refractivity contribution in [2.75, 3.05) is 0 Å². The summed E-state index contributed by atoms with van der Waals surface area (Å²) in [4.78, 5) is 0. The van der Waals surface area contributed by atoms with Gasteiger partial charge in [0.15, 0.2) is 0 Å². The van der Waals surface area contributed by atoms with E-state index in [2.05, 4.69) is 5.10 Å². The van der Waals surface area contributed by atoms with Crippen LogP contribution in [0.25, 0.3) is 0 Å². The molecule has 16 heavy (non-hydrogen) atoms. The molecule has 2 aromatic rings. The maximum atomic E-state index is 12.7. The molecule has 1 atom stereocenters. The zero-order valence-corrected chi connectivity index (χ0v) is 8.97. The number of aliphatic hydroxyl groups excluding tert-OH is 1. The lowest BCUT2D eigenvalue weighted by molar-refractivity contribution is 0.172. The van der Waals surface area contributed by atoms with Crippen molar-refractivity contribution in [3.8, 4) is 0 Å². The summed E-state index contributed by atoms with van der Waals surface area (Å²) in [5.74, 6) is -0.268. The fourth-order valence-electron chi connectivity index (χ4n) is 1.56. The molecule has 0 spiro atoms. The third kappa shape index (κ3) is 2.46. The predicted octanol–water partition coefficient (Wildman–Crippen LogP) is 1.84. The van der Waals surface area contributed by atoms with Gasteiger partial charge in [-0.15, -0.1) is 0 Å². The van der Waals surface area contributed by atoms with E-state index in [-0.39, 0.29) is 5.82 Å². The first kappa shape index (κ1) is 10.8. The minimum Gasteiger partial charge on any atom is -0.386 e. The highest BCUT2D eigenvalue weighted by Gasteiger charge is 2.11. The van der Waals surface area contributed by atoms with E-state index in [1.54, 1.807) is 36.1 Å². The molecule has 1 aromatic heterocycles. The van der Waals surface area contributed by atoms with E-state index < -0.39 is 6.10 Å². The predicted molar refractivity (Wildman–Crippen MR) is 58.3 cm³/mol. The molecule has 1 N–H and O–H groups in total. The van der Waals surface area contributed by atoms with Crippen molar-refractivity contribution in [3.05, 3.63) is 53.6 Å². The summed E-state index contributed by atoms with van der Waals surface area (Å²) in [7, 11) is 1.80. The number of aryl methyl sites for hydroxylation is 1. The van der Waals surface area contributed by atoms with Crippen molar-refractivity contribution in [1.82, 2.24) is 9.78 Å². The van der Waals surface area contributed by atoms with Crippen LogP contribution in [0.4, 0.5) is 4.39 Å². The van der Waals surface area contributed by atoms with Gasteiger partial charge in [-0.25, -0.2) is 4.39 Å². The summed E-state index contributed by atoms with van der Waals surface area (Å²) in [6.45, 7) is 0. The molecule has 0 aliphatic rings. The first-order valence-electron chi connectivity index (χ1n) is 5.07. The van der Waals surface area contributed by atoms with Crippen molar-refractivity contribution < 1.29 is 9.50 Å². The van der Waals surface area contributed by atoms with Gasteiger partial charge in [-0.2, -0.15) is 5.10 Å². The number of benzene rings is 1. The van der Waals surface area contributed by atoms with Gasteiger partial charge < -0.3 is 5.11 Å². The molecular formula is C12H13FN2O. The van der Waals surface area contributed by atoms with E-state index in [0.29, 0.717) is 12.1 Å².